The average molecular weight is 538 g/mol. The van der Waals surface area contributed by atoms with E-state index in [1.54, 1.807) is 12.1 Å². The van der Waals surface area contributed by atoms with Gasteiger partial charge in [0.15, 0.2) is 5.03 Å². The predicted octanol–water partition coefficient (Wildman–Crippen LogP) is 4.56. The van der Waals surface area contributed by atoms with Gasteiger partial charge in [-0.15, -0.1) is 0 Å². The fraction of sp³-hybridized carbons (Fsp3) is 0.393. The van der Waals surface area contributed by atoms with Gasteiger partial charge in [-0.25, -0.2) is 14.7 Å². The number of amides is 1. The van der Waals surface area contributed by atoms with Crippen LogP contribution in [0.5, 0.6) is 5.75 Å². The Morgan fingerprint density at radius 2 is 1.89 bits per heavy atom. The number of pyridine rings is 2. The van der Waals surface area contributed by atoms with Crippen LogP contribution in [-0.2, 0) is 10.0 Å². The standard InChI is InChI=1S/C28H35N5O4S/c1-17(2)37-21-15-18(3)14-20(16-21)23-11-10-22(26(30-23)33-13-12-19(4)28(33,5)6)27(34)32-38(35,36)25-9-7-8-24(29)31-25/h7-11,14-17,19H,12-13H2,1-6H3,(H2,29,31)(H,32,34). The number of sulfonamides is 1. The van der Waals surface area contributed by atoms with Crippen LogP contribution in [0.15, 0.2) is 53.6 Å². The zero-order chi connectivity index (χ0) is 27.8. The van der Waals surface area contributed by atoms with E-state index in [0.29, 0.717) is 24.0 Å². The maximum Gasteiger partial charge on any atom is 0.281 e. The Hall–Kier alpha value is -3.66. The molecule has 0 radical (unpaired) electrons. The molecule has 0 spiro atoms. The fourth-order valence-corrected chi connectivity index (χ4v) is 5.59. The van der Waals surface area contributed by atoms with E-state index in [0.717, 1.165) is 23.3 Å². The summed E-state index contributed by atoms with van der Waals surface area (Å²) in [5.74, 6) is 0.758. The number of carbonyl (C=O) groups is 1. The lowest BCUT2D eigenvalue weighted by atomic mass is 9.90. The smallest absolute Gasteiger partial charge is 0.281 e. The van der Waals surface area contributed by atoms with Gasteiger partial charge in [0, 0.05) is 17.6 Å². The van der Waals surface area contributed by atoms with Gasteiger partial charge >= 0.3 is 0 Å². The Kier molecular flexibility index (Phi) is 7.38. The van der Waals surface area contributed by atoms with Gasteiger partial charge in [0.2, 0.25) is 0 Å². The second-order valence-electron chi connectivity index (χ2n) is 10.6. The molecule has 3 N–H and O–H groups in total. The van der Waals surface area contributed by atoms with Crippen LogP contribution in [0.3, 0.4) is 0 Å². The predicted molar refractivity (Wildman–Crippen MR) is 149 cm³/mol. The van der Waals surface area contributed by atoms with Crippen molar-refractivity contribution in [3.63, 3.8) is 0 Å². The molecular weight excluding hydrogens is 502 g/mol. The molecule has 1 aromatic carbocycles. The van der Waals surface area contributed by atoms with Crippen LogP contribution in [0, 0.1) is 12.8 Å². The first kappa shape index (κ1) is 27.4. The molecule has 1 aliphatic heterocycles. The topological polar surface area (TPSA) is 128 Å². The zero-order valence-electron chi connectivity index (χ0n) is 22.6. The second kappa shape index (κ2) is 10.2. The normalized spacial score (nSPS) is 17.0. The molecule has 1 fully saturated rings. The van der Waals surface area contributed by atoms with Crippen molar-refractivity contribution >= 4 is 27.6 Å². The second-order valence-corrected chi connectivity index (χ2v) is 12.2. The summed E-state index contributed by atoms with van der Waals surface area (Å²) in [5.41, 5.74) is 8.03. The number of nitrogens with two attached hydrogens (primary N) is 1. The number of aryl methyl sites for hydroxylation is 1. The number of hydrogen-bond acceptors (Lipinski definition) is 8. The van der Waals surface area contributed by atoms with Crippen molar-refractivity contribution in [1.29, 1.82) is 0 Å². The van der Waals surface area contributed by atoms with E-state index in [2.05, 4.69) is 35.4 Å². The first-order valence-electron chi connectivity index (χ1n) is 12.6. The van der Waals surface area contributed by atoms with Gasteiger partial charge in [0.25, 0.3) is 15.9 Å². The van der Waals surface area contributed by atoms with Gasteiger partial charge < -0.3 is 15.4 Å². The van der Waals surface area contributed by atoms with Crippen molar-refractivity contribution < 1.29 is 17.9 Å². The highest BCUT2D eigenvalue weighted by atomic mass is 32.2. The first-order chi connectivity index (χ1) is 17.8. The number of anilines is 2. The molecule has 9 nitrogen and oxygen atoms in total. The summed E-state index contributed by atoms with van der Waals surface area (Å²) in [6.07, 6.45) is 0.935. The molecule has 1 saturated heterocycles. The highest BCUT2D eigenvalue weighted by Crippen LogP contribution is 2.39. The van der Waals surface area contributed by atoms with Crippen LogP contribution in [0.2, 0.25) is 0 Å². The SMILES string of the molecule is Cc1cc(OC(C)C)cc(-c2ccc(C(=O)NS(=O)(=O)c3cccc(N)n3)c(N3CCC(C)C3(C)C)n2)c1. The summed E-state index contributed by atoms with van der Waals surface area (Å²) < 4.78 is 33.9. The number of nitrogen functional groups attached to an aromatic ring is 1. The number of nitrogens with zero attached hydrogens (tertiary/aromatic N) is 3. The van der Waals surface area contributed by atoms with Gasteiger partial charge in [0.1, 0.15) is 17.4 Å². The lowest BCUT2D eigenvalue weighted by molar-refractivity contribution is 0.0981. The quantitative estimate of drug-likeness (QED) is 0.449. The van der Waals surface area contributed by atoms with E-state index in [-0.39, 0.29) is 28.1 Å². The van der Waals surface area contributed by atoms with E-state index in [1.165, 1.54) is 18.2 Å². The summed E-state index contributed by atoms with van der Waals surface area (Å²) in [5, 5.41) is -0.329. The fourth-order valence-electron chi connectivity index (χ4n) is 4.65. The molecule has 3 heterocycles. The summed E-state index contributed by atoms with van der Waals surface area (Å²) in [6, 6.07) is 13.5. The summed E-state index contributed by atoms with van der Waals surface area (Å²) in [4.78, 5) is 24.3. The molecule has 202 valence electrons. The monoisotopic (exact) mass is 537 g/mol. The molecule has 1 aliphatic rings. The molecule has 0 aliphatic carbocycles. The third-order valence-electron chi connectivity index (χ3n) is 7.03. The van der Waals surface area contributed by atoms with Crippen molar-refractivity contribution in [1.82, 2.24) is 14.7 Å². The molecule has 38 heavy (non-hydrogen) atoms. The maximum atomic E-state index is 13.4. The number of aromatic nitrogens is 2. The van der Waals surface area contributed by atoms with Crippen LogP contribution in [-0.4, -0.2) is 42.5 Å². The van der Waals surface area contributed by atoms with Crippen LogP contribution in [0.25, 0.3) is 11.3 Å². The molecule has 2 aromatic heterocycles. The Bertz CT molecular complexity index is 1470. The number of rotatable bonds is 7. The average Bonchev–Trinajstić information content (AvgIpc) is 3.09. The molecule has 1 amide bonds. The van der Waals surface area contributed by atoms with E-state index in [4.69, 9.17) is 15.5 Å². The summed E-state index contributed by atoms with van der Waals surface area (Å²) >= 11 is 0. The van der Waals surface area contributed by atoms with Crippen molar-refractivity contribution in [2.45, 2.75) is 64.6 Å². The molecule has 4 rings (SSSR count). The van der Waals surface area contributed by atoms with E-state index >= 15 is 0 Å². The summed E-state index contributed by atoms with van der Waals surface area (Å²) in [6.45, 7) is 13.0. The Labute approximate surface area is 224 Å². The number of nitrogens with one attached hydrogen (secondary N) is 1. The Morgan fingerprint density at radius 3 is 2.53 bits per heavy atom. The minimum Gasteiger partial charge on any atom is -0.491 e. The zero-order valence-corrected chi connectivity index (χ0v) is 23.5. The lowest BCUT2D eigenvalue weighted by Crippen LogP contribution is -2.43. The molecule has 0 saturated carbocycles. The third kappa shape index (κ3) is 5.60. The van der Waals surface area contributed by atoms with Crippen LogP contribution in [0.4, 0.5) is 11.6 Å². The molecule has 0 bridgehead atoms. The van der Waals surface area contributed by atoms with Gasteiger partial charge in [-0.3, -0.25) is 4.79 Å². The third-order valence-corrected chi connectivity index (χ3v) is 8.26. The van der Waals surface area contributed by atoms with E-state index < -0.39 is 15.9 Å². The van der Waals surface area contributed by atoms with Crippen molar-refractivity contribution in [3.8, 4) is 17.0 Å². The van der Waals surface area contributed by atoms with Crippen LogP contribution >= 0.6 is 0 Å². The minimum absolute atomic E-state index is 0.0162. The molecule has 10 heteroatoms. The van der Waals surface area contributed by atoms with Gasteiger partial charge in [-0.1, -0.05) is 13.0 Å². The molecule has 3 aromatic rings. The highest BCUT2D eigenvalue weighted by molar-refractivity contribution is 7.90. The molecule has 1 atom stereocenters. The van der Waals surface area contributed by atoms with E-state index in [9.17, 15) is 13.2 Å². The Balaban J connectivity index is 1.79. The number of hydrogen-bond donors (Lipinski definition) is 2. The van der Waals surface area contributed by atoms with Gasteiger partial charge in [-0.05, 0) is 95.0 Å². The van der Waals surface area contributed by atoms with Crippen molar-refractivity contribution in [2.75, 3.05) is 17.2 Å². The number of ether oxygens (including phenoxy) is 1. The maximum absolute atomic E-state index is 13.4. The number of carbonyl (C=O) groups excluding carboxylic acids is 1. The van der Waals surface area contributed by atoms with Gasteiger partial charge in [0.05, 0.1) is 17.4 Å². The summed E-state index contributed by atoms with van der Waals surface area (Å²) in [7, 11) is -4.25. The molecular formula is C28H35N5O4S. The first-order valence-corrected chi connectivity index (χ1v) is 14.1. The Morgan fingerprint density at radius 1 is 1.16 bits per heavy atom. The van der Waals surface area contributed by atoms with Crippen LogP contribution in [0.1, 0.15) is 57.0 Å². The van der Waals surface area contributed by atoms with Crippen molar-refractivity contribution in [2.24, 2.45) is 5.92 Å². The largest absolute Gasteiger partial charge is 0.491 e. The van der Waals surface area contributed by atoms with Crippen LogP contribution < -0.4 is 20.1 Å². The number of benzene rings is 1. The highest BCUT2D eigenvalue weighted by Gasteiger charge is 2.41. The van der Waals surface area contributed by atoms with E-state index in [1.807, 2.05) is 39.0 Å². The van der Waals surface area contributed by atoms with Crippen molar-refractivity contribution in [3.05, 3.63) is 59.7 Å². The molecule has 1 unspecified atom stereocenters. The van der Waals surface area contributed by atoms with Gasteiger partial charge in [-0.2, -0.15) is 8.42 Å². The minimum atomic E-state index is -4.25. The lowest BCUT2D eigenvalue weighted by Gasteiger charge is -2.36.